The average Bonchev–Trinajstić information content (AvgIpc) is 3.08. The smallest absolute Gasteiger partial charge is 0.271 e. The van der Waals surface area contributed by atoms with E-state index in [0.717, 1.165) is 28.9 Å². The minimum Gasteiger partial charge on any atom is -0.485 e. The van der Waals surface area contributed by atoms with Crippen molar-refractivity contribution in [1.29, 1.82) is 0 Å². The van der Waals surface area contributed by atoms with Crippen LogP contribution in [0.4, 0.5) is 11.4 Å². The van der Waals surface area contributed by atoms with Crippen LogP contribution in [0.1, 0.15) is 40.9 Å². The van der Waals surface area contributed by atoms with Gasteiger partial charge in [0.25, 0.3) is 11.6 Å². The Morgan fingerprint density at radius 3 is 2.62 bits per heavy atom. The molecule has 0 aliphatic carbocycles. The lowest BCUT2D eigenvalue weighted by Crippen LogP contribution is -2.24. The number of non-ortho nitro benzene ring substituents is 1. The molecule has 3 aromatic carbocycles. The number of para-hydroxylation sites is 1. The van der Waals surface area contributed by atoms with Crippen LogP contribution >= 0.6 is 0 Å². The zero-order valence-corrected chi connectivity index (χ0v) is 18.2. The molecule has 3 aromatic rings. The highest BCUT2D eigenvalue weighted by atomic mass is 16.6. The molecule has 0 saturated heterocycles. The number of ether oxygens (including phenoxy) is 2. The number of anilines is 1. The van der Waals surface area contributed by atoms with Gasteiger partial charge in [-0.25, -0.2) is 0 Å². The van der Waals surface area contributed by atoms with Crippen molar-refractivity contribution < 1.29 is 19.2 Å². The summed E-state index contributed by atoms with van der Waals surface area (Å²) in [5, 5.41) is 13.7. The van der Waals surface area contributed by atoms with E-state index in [-0.39, 0.29) is 17.2 Å². The third-order valence-corrected chi connectivity index (χ3v) is 5.35. The van der Waals surface area contributed by atoms with Gasteiger partial charge < -0.3 is 14.8 Å². The third kappa shape index (κ3) is 4.56. The van der Waals surface area contributed by atoms with Gasteiger partial charge in [0.1, 0.15) is 12.2 Å². The Balaban J connectivity index is 1.41. The van der Waals surface area contributed by atoms with Crippen LogP contribution in [0.15, 0.2) is 60.7 Å². The van der Waals surface area contributed by atoms with Gasteiger partial charge in [-0.15, -0.1) is 0 Å². The van der Waals surface area contributed by atoms with Gasteiger partial charge in [0, 0.05) is 29.7 Å². The third-order valence-electron chi connectivity index (χ3n) is 5.35. The molecule has 7 nitrogen and oxygen atoms in total. The van der Waals surface area contributed by atoms with Gasteiger partial charge in [-0.3, -0.25) is 14.9 Å². The zero-order valence-electron chi connectivity index (χ0n) is 18.2. The van der Waals surface area contributed by atoms with Crippen LogP contribution in [-0.2, 0) is 13.0 Å². The van der Waals surface area contributed by atoms with Crippen molar-refractivity contribution in [2.75, 3.05) is 5.32 Å². The van der Waals surface area contributed by atoms with E-state index in [1.165, 1.54) is 12.1 Å². The maximum absolute atomic E-state index is 12.6. The van der Waals surface area contributed by atoms with Crippen LogP contribution in [0.25, 0.3) is 0 Å². The SMILES string of the molecule is Cc1ccc([N+](=O)[O-])cc1NC(=O)c1ccc(COc2cccc3c2OC(C)(C)C3)cc1. The quantitative estimate of drug-likeness (QED) is 0.413. The van der Waals surface area contributed by atoms with Gasteiger partial charge in [-0.05, 0) is 50.1 Å². The number of nitrogens with zero attached hydrogens (tertiary/aromatic N) is 1. The largest absolute Gasteiger partial charge is 0.485 e. The molecule has 0 radical (unpaired) electrons. The summed E-state index contributed by atoms with van der Waals surface area (Å²) < 4.78 is 12.0. The summed E-state index contributed by atoms with van der Waals surface area (Å²) in [7, 11) is 0. The van der Waals surface area contributed by atoms with Crippen molar-refractivity contribution in [3.63, 3.8) is 0 Å². The molecule has 0 unspecified atom stereocenters. The van der Waals surface area contributed by atoms with Crippen molar-refractivity contribution >= 4 is 17.3 Å². The van der Waals surface area contributed by atoms with Gasteiger partial charge in [-0.2, -0.15) is 0 Å². The fourth-order valence-corrected chi connectivity index (χ4v) is 3.67. The molecule has 1 N–H and O–H groups in total. The molecule has 1 amide bonds. The van der Waals surface area contributed by atoms with Crippen LogP contribution in [-0.4, -0.2) is 16.4 Å². The van der Waals surface area contributed by atoms with E-state index >= 15 is 0 Å². The lowest BCUT2D eigenvalue weighted by molar-refractivity contribution is -0.384. The molecule has 0 fully saturated rings. The predicted octanol–water partition coefficient (Wildman–Crippen LogP) is 5.45. The second-order valence-electron chi connectivity index (χ2n) is 8.48. The fourth-order valence-electron chi connectivity index (χ4n) is 3.67. The van der Waals surface area contributed by atoms with Gasteiger partial charge in [-0.1, -0.05) is 30.3 Å². The minimum atomic E-state index is -0.488. The van der Waals surface area contributed by atoms with E-state index in [1.54, 1.807) is 25.1 Å². The normalized spacial score (nSPS) is 13.7. The first-order valence-corrected chi connectivity index (χ1v) is 10.3. The standard InChI is InChI=1S/C25H24N2O5/c1-16-7-12-20(27(29)30)13-21(16)26-24(28)18-10-8-17(9-11-18)15-31-22-6-4-5-19-14-25(2,3)32-23(19)22/h4-13H,14-15H2,1-3H3,(H,26,28). The first-order chi connectivity index (χ1) is 15.2. The maximum atomic E-state index is 12.6. The molecule has 0 saturated carbocycles. The van der Waals surface area contributed by atoms with Crippen LogP contribution in [0.5, 0.6) is 11.5 Å². The number of nitro groups is 1. The summed E-state index contributed by atoms with van der Waals surface area (Å²) >= 11 is 0. The highest BCUT2D eigenvalue weighted by molar-refractivity contribution is 6.04. The van der Waals surface area contributed by atoms with Gasteiger partial charge in [0.05, 0.1) is 10.6 Å². The summed E-state index contributed by atoms with van der Waals surface area (Å²) in [6.45, 7) is 6.22. The second-order valence-corrected chi connectivity index (χ2v) is 8.48. The highest BCUT2D eigenvalue weighted by Crippen LogP contribution is 2.42. The number of aryl methyl sites for hydroxylation is 1. The first kappa shape index (κ1) is 21.4. The summed E-state index contributed by atoms with van der Waals surface area (Å²) in [5.74, 6) is 1.16. The van der Waals surface area contributed by atoms with Gasteiger partial charge in [0.15, 0.2) is 11.5 Å². The number of nitrogens with one attached hydrogen (secondary N) is 1. The maximum Gasteiger partial charge on any atom is 0.271 e. The van der Waals surface area contributed by atoms with Crippen molar-refractivity contribution in [1.82, 2.24) is 0 Å². The number of carbonyl (C=O) groups is 1. The summed E-state index contributed by atoms with van der Waals surface area (Å²) in [4.78, 5) is 23.1. The molecule has 164 valence electrons. The number of benzene rings is 3. The highest BCUT2D eigenvalue weighted by Gasteiger charge is 2.32. The van der Waals surface area contributed by atoms with E-state index in [4.69, 9.17) is 9.47 Å². The molecule has 1 aliphatic rings. The van der Waals surface area contributed by atoms with Crippen LogP contribution < -0.4 is 14.8 Å². The average molecular weight is 432 g/mol. The van der Waals surface area contributed by atoms with Gasteiger partial charge in [0.2, 0.25) is 0 Å². The van der Waals surface area contributed by atoms with Crippen LogP contribution in [0.3, 0.4) is 0 Å². The first-order valence-electron chi connectivity index (χ1n) is 10.3. The lowest BCUT2D eigenvalue weighted by Gasteiger charge is -2.18. The topological polar surface area (TPSA) is 90.7 Å². The van der Waals surface area contributed by atoms with E-state index < -0.39 is 4.92 Å². The van der Waals surface area contributed by atoms with Crippen LogP contribution in [0, 0.1) is 17.0 Å². The molecule has 4 rings (SSSR count). The Kier molecular flexibility index (Phi) is 5.57. The number of hydrogen-bond donors (Lipinski definition) is 1. The van der Waals surface area contributed by atoms with Crippen LogP contribution in [0.2, 0.25) is 0 Å². The summed E-state index contributed by atoms with van der Waals surface area (Å²) in [6, 6.07) is 17.3. The van der Waals surface area contributed by atoms with Crippen molar-refractivity contribution in [3.8, 4) is 11.5 Å². The molecule has 32 heavy (non-hydrogen) atoms. The monoisotopic (exact) mass is 432 g/mol. The summed E-state index contributed by atoms with van der Waals surface area (Å²) in [6.07, 6.45) is 0.841. The molecule has 0 bridgehead atoms. The molecular formula is C25H24N2O5. The van der Waals surface area contributed by atoms with E-state index in [0.29, 0.717) is 23.6 Å². The Morgan fingerprint density at radius 1 is 1.16 bits per heavy atom. The summed E-state index contributed by atoms with van der Waals surface area (Å²) in [5.41, 5.74) is 3.34. The van der Waals surface area contributed by atoms with Gasteiger partial charge >= 0.3 is 0 Å². The Hall–Kier alpha value is -3.87. The minimum absolute atomic E-state index is 0.0711. The number of amides is 1. The van der Waals surface area contributed by atoms with E-state index in [9.17, 15) is 14.9 Å². The van der Waals surface area contributed by atoms with E-state index in [1.807, 2.05) is 30.3 Å². The van der Waals surface area contributed by atoms with E-state index in [2.05, 4.69) is 19.2 Å². The second kappa shape index (κ2) is 8.34. The molecule has 7 heteroatoms. The Labute approximate surface area is 186 Å². The zero-order chi connectivity index (χ0) is 22.9. The molecule has 1 aliphatic heterocycles. The molecule has 0 aromatic heterocycles. The number of rotatable bonds is 6. The number of fused-ring (bicyclic) bond motifs is 1. The number of nitro benzene ring substituents is 1. The lowest BCUT2D eigenvalue weighted by atomic mass is 10.0. The van der Waals surface area contributed by atoms with Crippen molar-refractivity contribution in [2.24, 2.45) is 0 Å². The molecular weight excluding hydrogens is 408 g/mol. The van der Waals surface area contributed by atoms with Crippen molar-refractivity contribution in [3.05, 3.63) is 93.0 Å². The fraction of sp³-hybridized carbons (Fsp3) is 0.240. The molecule has 0 spiro atoms. The Morgan fingerprint density at radius 2 is 1.91 bits per heavy atom. The Bertz CT molecular complexity index is 1190. The number of hydrogen-bond acceptors (Lipinski definition) is 5. The number of carbonyl (C=O) groups excluding carboxylic acids is 1. The van der Waals surface area contributed by atoms with Crippen molar-refractivity contribution in [2.45, 2.75) is 39.4 Å². The molecule has 0 atom stereocenters. The molecule has 1 heterocycles. The predicted molar refractivity (Wildman–Crippen MR) is 121 cm³/mol.